The van der Waals surface area contributed by atoms with Gasteiger partial charge >= 0.3 is 30.4 Å². The fraction of sp³-hybridized carbons (Fsp3) is 0.667. The number of hydrogen-bond acceptors (Lipinski definition) is 8. The molecule has 0 aliphatic carbocycles. The van der Waals surface area contributed by atoms with Crippen LogP contribution in [0, 0.1) is 0 Å². The zero-order valence-corrected chi connectivity index (χ0v) is 44.7. The first-order valence-corrected chi connectivity index (χ1v) is 39.1. The molecule has 0 unspecified atom stereocenters. The van der Waals surface area contributed by atoms with Crippen molar-refractivity contribution in [1.29, 1.82) is 0 Å². The number of benzene rings is 2. The predicted octanol–water partition coefficient (Wildman–Crippen LogP) is 5.30. The molecule has 60 heavy (non-hydrogen) atoms. The second-order valence-electron chi connectivity index (χ2n) is 18.4. The Morgan fingerprint density at radius 1 is 0.517 bits per heavy atom. The molecule has 16 nitrogen and oxygen atoms in total. The van der Waals surface area contributed by atoms with Gasteiger partial charge in [0.1, 0.15) is 11.5 Å². The summed E-state index contributed by atoms with van der Waals surface area (Å²) in [6.45, 7) is 12.4. The van der Waals surface area contributed by atoms with Gasteiger partial charge in [0.25, 0.3) is 0 Å². The van der Waals surface area contributed by atoms with Crippen molar-refractivity contribution < 1.29 is 66.9 Å². The molecule has 0 bridgehead atoms. The molecule has 0 amide bonds. The Morgan fingerprint density at radius 2 is 0.817 bits per heavy atom. The van der Waals surface area contributed by atoms with Gasteiger partial charge in [0.15, 0.2) is 0 Å². The summed E-state index contributed by atoms with van der Waals surface area (Å²) in [4.78, 5) is 74.5. The number of rotatable bonds is 31. The highest BCUT2D eigenvalue weighted by Crippen LogP contribution is 2.42. The van der Waals surface area contributed by atoms with Crippen molar-refractivity contribution in [1.82, 2.24) is 10.6 Å². The normalized spacial score (nSPS) is 13.7. The predicted molar refractivity (Wildman–Crippen MR) is 252 cm³/mol. The number of hydrogen-bond donors (Lipinski definition) is 10. The molecule has 0 atom stereocenters. The van der Waals surface area contributed by atoms with E-state index in [9.17, 15) is 57.4 Å². The maximum Gasteiger partial charge on any atom is 0.327 e. The maximum atomic E-state index is 11.5. The molecular weight excluding hydrogens is 921 g/mol. The van der Waals surface area contributed by atoms with Crippen molar-refractivity contribution in [2.24, 2.45) is 0 Å². The average Bonchev–Trinajstić information content (AvgIpc) is 3.08. The van der Waals surface area contributed by atoms with E-state index < -0.39 is 91.3 Å². The fourth-order valence-electron chi connectivity index (χ4n) is 7.12. The topological polar surface area (TPSA) is 273 Å². The van der Waals surface area contributed by atoms with Crippen LogP contribution >= 0.6 is 30.4 Å². The average molecular weight is 993 g/mol. The van der Waals surface area contributed by atoms with E-state index in [2.05, 4.69) is 43.4 Å². The quantitative estimate of drug-likeness (QED) is 0.0339. The summed E-state index contributed by atoms with van der Waals surface area (Å²) in [7, 11) is -21.4. The van der Waals surface area contributed by atoms with Crippen molar-refractivity contribution in [3.63, 3.8) is 0 Å². The minimum absolute atomic E-state index is 0.195. The first-order valence-electron chi connectivity index (χ1n) is 20.5. The number of nitrogens with one attached hydrogen (secondary N) is 2. The molecule has 2 aromatic carbocycles. The first-order chi connectivity index (χ1) is 27.4. The van der Waals surface area contributed by atoms with Gasteiger partial charge in [-0.25, -0.2) is 0 Å². The summed E-state index contributed by atoms with van der Waals surface area (Å²) in [5.41, 5.74) is 1.60. The molecule has 0 spiro atoms. The van der Waals surface area contributed by atoms with E-state index in [1.807, 2.05) is 48.5 Å². The van der Waals surface area contributed by atoms with E-state index in [4.69, 9.17) is 9.47 Å². The fourth-order valence-corrected chi connectivity index (χ4v) is 20.3. The van der Waals surface area contributed by atoms with E-state index in [1.54, 1.807) is 0 Å². The number of ether oxygens (including phenoxy) is 2. The van der Waals surface area contributed by atoms with Crippen LogP contribution in [-0.2, 0) is 31.3 Å². The lowest BCUT2D eigenvalue weighted by Crippen LogP contribution is -2.37. The Morgan fingerprint density at radius 3 is 1.10 bits per heavy atom. The highest BCUT2D eigenvalue weighted by molar-refractivity contribution is 7.53. The van der Waals surface area contributed by atoms with Gasteiger partial charge in [-0.3, -0.25) is 18.3 Å². The lowest BCUT2D eigenvalue weighted by Gasteiger charge is -2.31. The molecule has 0 saturated heterocycles. The molecule has 0 radical (unpaired) electrons. The summed E-state index contributed by atoms with van der Waals surface area (Å²) in [6, 6.07) is 20.4. The molecule has 0 saturated carbocycles. The van der Waals surface area contributed by atoms with Crippen LogP contribution in [0.2, 0.25) is 69.0 Å². The Labute approximate surface area is 362 Å². The van der Waals surface area contributed by atoms with E-state index in [0.29, 0.717) is 12.5 Å². The monoisotopic (exact) mass is 992 g/mol. The third kappa shape index (κ3) is 26.9. The summed E-state index contributed by atoms with van der Waals surface area (Å²) in [6.07, 6.45) is 2.47. The second kappa shape index (κ2) is 24.6. The molecular formula is C36H72N2O14P4Si4. The van der Waals surface area contributed by atoms with Crippen LogP contribution < -0.4 is 20.1 Å². The van der Waals surface area contributed by atoms with Crippen molar-refractivity contribution in [2.45, 2.75) is 113 Å². The van der Waals surface area contributed by atoms with Crippen LogP contribution in [0.15, 0.2) is 48.5 Å². The Hall–Kier alpha value is -0.572. The minimum atomic E-state index is -4.47. The van der Waals surface area contributed by atoms with Gasteiger partial charge in [-0.05, 0) is 35.4 Å². The molecule has 0 heterocycles. The van der Waals surface area contributed by atoms with Gasteiger partial charge in [0.05, 0.1) is 61.3 Å². The zero-order chi connectivity index (χ0) is 45.5. The Bertz CT molecular complexity index is 1600. The third-order valence-corrected chi connectivity index (χ3v) is 24.9. The maximum absolute atomic E-state index is 11.5. The van der Waals surface area contributed by atoms with Crippen LogP contribution in [0.5, 0.6) is 11.5 Å². The smallest absolute Gasteiger partial charge is 0.327 e. The van der Waals surface area contributed by atoms with Gasteiger partial charge in [-0.15, -0.1) is 0 Å². The first kappa shape index (κ1) is 55.6. The van der Waals surface area contributed by atoms with E-state index in [-0.39, 0.29) is 13.1 Å². The molecule has 0 aromatic heterocycles. The van der Waals surface area contributed by atoms with Crippen LogP contribution in [0.3, 0.4) is 0 Å². The van der Waals surface area contributed by atoms with Crippen molar-refractivity contribution in [3.05, 3.63) is 59.7 Å². The largest absolute Gasteiger partial charge is 0.497 e. The summed E-state index contributed by atoms with van der Waals surface area (Å²) in [5.74, 6) is 1.48. The highest BCUT2D eigenvalue weighted by atomic mass is 31.2. The van der Waals surface area contributed by atoms with E-state index >= 15 is 0 Å². The SMILES string of the molecule is C[Si](C)(CCC[Si](C)(CCC[SiH3])CCC[Si](C)(C)COc1ccc(CNC(CP(=O)(O)O)CP(=O)(O)O)cc1)COc1ccc(CNC(CP(=O)(O)O)CP(=O)(O)O)cc1. The van der Waals surface area contributed by atoms with E-state index in [0.717, 1.165) is 22.6 Å². The van der Waals surface area contributed by atoms with Crippen molar-refractivity contribution in [2.75, 3.05) is 37.1 Å². The molecule has 0 aliphatic heterocycles. The van der Waals surface area contributed by atoms with Crippen molar-refractivity contribution >= 4 is 64.8 Å². The van der Waals surface area contributed by atoms with E-state index in [1.165, 1.54) is 65.8 Å². The molecule has 10 N–H and O–H groups in total. The molecule has 2 aromatic rings. The lowest BCUT2D eigenvalue weighted by atomic mass is 10.2. The van der Waals surface area contributed by atoms with Gasteiger partial charge in [0, 0.05) is 35.4 Å². The van der Waals surface area contributed by atoms with Gasteiger partial charge in [-0.1, -0.05) is 113 Å². The molecule has 2 rings (SSSR count). The molecule has 346 valence electrons. The van der Waals surface area contributed by atoms with Crippen LogP contribution in [0.1, 0.15) is 30.4 Å². The van der Waals surface area contributed by atoms with Crippen molar-refractivity contribution in [3.8, 4) is 11.5 Å². The zero-order valence-electron chi connectivity index (χ0n) is 36.1. The second-order valence-corrected chi connectivity index (χ2v) is 41.5. The van der Waals surface area contributed by atoms with Gasteiger partial charge < -0.3 is 59.3 Å². The van der Waals surface area contributed by atoms with Crippen LogP contribution in [0.25, 0.3) is 0 Å². The van der Waals surface area contributed by atoms with Gasteiger partial charge in [0.2, 0.25) is 0 Å². The summed E-state index contributed by atoms with van der Waals surface area (Å²) >= 11 is 0. The lowest BCUT2D eigenvalue weighted by molar-refractivity contribution is 0.349. The standard InChI is InChI=1S/C36H72N2O14P4Si4/c1-58(2,29-51-35-13-9-31(10-14-35)23-37-33(25-53(39,40)41)26-54(42,43)44)18-7-21-60(5,20-6-17-57)22-8-19-59(3,4)30-52-36-15-11-32(12-16-36)24-38-34(27-55(45,46)47)28-56(48,49)50/h9-16,33-34,37-38H,6-8,17-30H2,1-5,57H3,(H2,39,40,41)(H2,42,43,44)(H2,45,46,47)(H2,48,49,50). The molecule has 0 fully saturated rings. The highest BCUT2D eigenvalue weighted by Gasteiger charge is 2.32. The Kier molecular flexibility index (Phi) is 22.8. The molecule has 24 heteroatoms. The summed E-state index contributed by atoms with van der Waals surface area (Å²) in [5, 5.41) is 5.74. The minimum Gasteiger partial charge on any atom is -0.497 e. The third-order valence-electron chi connectivity index (χ3n) is 10.5. The van der Waals surface area contributed by atoms with Crippen LogP contribution in [-0.4, -0.2) is 123 Å². The van der Waals surface area contributed by atoms with Crippen LogP contribution in [0.4, 0.5) is 0 Å². The summed E-state index contributed by atoms with van der Waals surface area (Å²) < 4.78 is 58.3. The van der Waals surface area contributed by atoms with Gasteiger partial charge in [-0.2, -0.15) is 0 Å². The Balaban J connectivity index is 1.83. The molecule has 0 aliphatic rings.